The maximum atomic E-state index is 13.9. The van der Waals surface area contributed by atoms with Gasteiger partial charge in [-0.15, -0.1) is 11.3 Å². The Kier molecular flexibility index (Phi) is 6.39. The summed E-state index contributed by atoms with van der Waals surface area (Å²) in [7, 11) is -4.04. The molecule has 30 heavy (non-hydrogen) atoms. The highest BCUT2D eigenvalue weighted by molar-refractivity contribution is 7.89. The van der Waals surface area contributed by atoms with Crippen molar-refractivity contribution >= 4 is 38.1 Å². The molecule has 4 N–H and O–H groups in total. The number of thiazole rings is 1. The lowest BCUT2D eigenvalue weighted by Crippen LogP contribution is -2.22. The van der Waals surface area contributed by atoms with Gasteiger partial charge in [-0.1, -0.05) is 6.07 Å². The van der Waals surface area contributed by atoms with Crippen LogP contribution in [0.2, 0.25) is 0 Å². The number of anilines is 2. The number of amides is 1. The number of hydrogen-bond donors (Lipinski definition) is 3. The molecule has 0 bridgehead atoms. The first-order chi connectivity index (χ1) is 14.1. The molecule has 0 fully saturated rings. The van der Waals surface area contributed by atoms with Gasteiger partial charge in [0.2, 0.25) is 15.9 Å². The van der Waals surface area contributed by atoms with Crippen molar-refractivity contribution in [2.75, 3.05) is 17.2 Å². The molecule has 0 atom stereocenters. The van der Waals surface area contributed by atoms with Crippen LogP contribution in [0.1, 0.15) is 10.4 Å². The highest BCUT2D eigenvalue weighted by Gasteiger charge is 2.13. The van der Waals surface area contributed by atoms with Gasteiger partial charge in [0.1, 0.15) is 17.5 Å². The minimum absolute atomic E-state index is 0.0795. The first-order valence-corrected chi connectivity index (χ1v) is 10.7. The summed E-state index contributed by atoms with van der Waals surface area (Å²) in [5.74, 6) is -2.75. The Morgan fingerprint density at radius 2 is 1.87 bits per heavy atom. The van der Waals surface area contributed by atoms with Crippen LogP contribution in [0.15, 0.2) is 47.5 Å². The molecule has 1 aromatic heterocycles. The Hall–Kier alpha value is -2.96. The van der Waals surface area contributed by atoms with Gasteiger partial charge in [-0.2, -0.15) is 0 Å². The number of sulfonamides is 1. The Morgan fingerprint density at radius 1 is 1.10 bits per heavy atom. The van der Waals surface area contributed by atoms with E-state index in [2.05, 4.69) is 15.6 Å². The molecule has 0 aliphatic heterocycles. The summed E-state index contributed by atoms with van der Waals surface area (Å²) in [6.45, 7) is -0.312. The van der Waals surface area contributed by atoms with Crippen molar-refractivity contribution in [3.63, 3.8) is 0 Å². The highest BCUT2D eigenvalue weighted by atomic mass is 32.2. The lowest BCUT2D eigenvalue weighted by atomic mass is 10.1. The lowest BCUT2D eigenvalue weighted by molar-refractivity contribution is -0.114. The normalized spacial score (nSPS) is 11.3. The molecule has 0 saturated heterocycles. The van der Waals surface area contributed by atoms with Gasteiger partial charge < -0.3 is 10.6 Å². The van der Waals surface area contributed by atoms with E-state index in [1.54, 1.807) is 0 Å². The summed E-state index contributed by atoms with van der Waals surface area (Å²) in [6.07, 6.45) is 1.64. The van der Waals surface area contributed by atoms with E-state index in [9.17, 15) is 26.4 Å². The maximum absolute atomic E-state index is 13.9. The van der Waals surface area contributed by atoms with Gasteiger partial charge in [-0.25, -0.2) is 31.7 Å². The summed E-state index contributed by atoms with van der Waals surface area (Å²) in [5.41, 5.74) is 0.210. The summed E-state index contributed by atoms with van der Waals surface area (Å²) < 4.78 is 63.0. The topological polar surface area (TPSA) is 114 Å². The van der Waals surface area contributed by atoms with E-state index in [0.717, 1.165) is 41.7 Å². The van der Waals surface area contributed by atoms with E-state index < -0.39 is 33.4 Å². The van der Waals surface area contributed by atoms with Crippen molar-refractivity contribution in [3.8, 4) is 0 Å². The first kappa shape index (κ1) is 21.7. The molecule has 0 aliphatic rings. The van der Waals surface area contributed by atoms with Gasteiger partial charge in [0, 0.05) is 23.6 Å². The zero-order chi connectivity index (χ0) is 21.9. The molecule has 12 heteroatoms. The van der Waals surface area contributed by atoms with E-state index in [1.165, 1.54) is 12.3 Å². The van der Waals surface area contributed by atoms with Gasteiger partial charge in [-0.3, -0.25) is 4.79 Å². The predicted molar refractivity (Wildman–Crippen MR) is 106 cm³/mol. The minimum Gasteiger partial charge on any atom is -0.374 e. The van der Waals surface area contributed by atoms with Gasteiger partial charge >= 0.3 is 0 Å². The van der Waals surface area contributed by atoms with Crippen LogP contribution in [0.4, 0.5) is 24.0 Å². The number of hydrogen-bond acceptors (Lipinski definition) is 6. The van der Waals surface area contributed by atoms with Crippen LogP contribution >= 0.6 is 11.3 Å². The molecule has 0 saturated carbocycles. The van der Waals surface area contributed by atoms with Gasteiger partial charge in [0.25, 0.3) is 0 Å². The number of rotatable bonds is 7. The number of aromatic nitrogens is 1. The monoisotopic (exact) mass is 456 g/mol. The number of carbonyl (C=O) groups is 1. The Morgan fingerprint density at radius 3 is 2.53 bits per heavy atom. The SMILES string of the molecule is NS(=O)(=O)c1ccc(NCC(=O)Nc2ncc(Cc3ccc(F)cc3F)s2)c(F)c1. The Balaban J connectivity index is 1.57. The van der Waals surface area contributed by atoms with Crippen molar-refractivity contribution in [3.05, 3.63) is 70.5 Å². The maximum Gasteiger partial charge on any atom is 0.245 e. The number of carbonyl (C=O) groups excluding carboxylic acids is 1. The summed E-state index contributed by atoms with van der Waals surface area (Å²) in [5, 5.41) is 10.2. The number of benzene rings is 2. The van der Waals surface area contributed by atoms with Crippen molar-refractivity contribution < 1.29 is 26.4 Å². The first-order valence-electron chi connectivity index (χ1n) is 8.36. The molecule has 1 amide bonds. The van der Waals surface area contributed by atoms with Crippen LogP contribution in [0.3, 0.4) is 0 Å². The fourth-order valence-corrected chi connectivity index (χ4v) is 3.83. The number of halogens is 3. The largest absolute Gasteiger partial charge is 0.374 e. The second kappa shape index (κ2) is 8.81. The second-order valence-corrected chi connectivity index (χ2v) is 8.81. The van der Waals surface area contributed by atoms with Crippen LogP contribution in [-0.2, 0) is 21.2 Å². The fourth-order valence-electron chi connectivity index (χ4n) is 2.45. The average molecular weight is 456 g/mol. The fraction of sp³-hybridized carbons (Fsp3) is 0.111. The van der Waals surface area contributed by atoms with E-state index in [4.69, 9.17) is 5.14 Å². The third-order valence-electron chi connectivity index (χ3n) is 3.89. The summed E-state index contributed by atoms with van der Waals surface area (Å²) in [6, 6.07) is 6.29. The molecule has 158 valence electrons. The van der Waals surface area contributed by atoms with Crippen molar-refractivity contribution in [2.45, 2.75) is 11.3 Å². The number of nitrogens with two attached hydrogens (primary N) is 1. The number of nitrogens with one attached hydrogen (secondary N) is 2. The number of nitrogens with zero attached hydrogens (tertiary/aromatic N) is 1. The smallest absolute Gasteiger partial charge is 0.245 e. The van der Waals surface area contributed by atoms with Crippen molar-refractivity contribution in [2.24, 2.45) is 5.14 Å². The van der Waals surface area contributed by atoms with Crippen LogP contribution in [0.5, 0.6) is 0 Å². The van der Waals surface area contributed by atoms with Crippen molar-refractivity contribution in [1.82, 2.24) is 4.98 Å². The molecule has 0 spiro atoms. The van der Waals surface area contributed by atoms with E-state index >= 15 is 0 Å². The average Bonchev–Trinajstić information content (AvgIpc) is 3.09. The standard InChI is InChI=1S/C18H15F3N4O3S2/c19-11-2-1-10(14(20)6-11)5-12-8-24-18(29-12)25-17(26)9-23-16-4-3-13(7-15(16)21)30(22,27)28/h1-4,6-8,23H,5,9H2,(H2,22,27,28)(H,24,25,26). The number of primary sulfonamides is 1. The van der Waals surface area contributed by atoms with E-state index in [-0.39, 0.29) is 34.2 Å². The molecular formula is C18H15F3N4O3S2. The zero-order valence-electron chi connectivity index (χ0n) is 15.2. The summed E-state index contributed by atoms with van der Waals surface area (Å²) >= 11 is 1.11. The van der Waals surface area contributed by atoms with Crippen LogP contribution in [0.25, 0.3) is 0 Å². The van der Waals surface area contributed by atoms with Crippen molar-refractivity contribution in [1.29, 1.82) is 0 Å². The van der Waals surface area contributed by atoms with Gasteiger partial charge in [0.05, 0.1) is 17.1 Å². The molecule has 1 heterocycles. The quantitative estimate of drug-likeness (QED) is 0.506. The zero-order valence-corrected chi connectivity index (χ0v) is 16.8. The van der Waals surface area contributed by atoms with E-state index in [0.29, 0.717) is 4.88 Å². The van der Waals surface area contributed by atoms with E-state index in [1.807, 2.05) is 0 Å². The third kappa shape index (κ3) is 5.55. The molecule has 0 unspecified atom stereocenters. The van der Waals surface area contributed by atoms with Crippen LogP contribution < -0.4 is 15.8 Å². The molecule has 3 rings (SSSR count). The lowest BCUT2D eigenvalue weighted by Gasteiger charge is -2.08. The predicted octanol–water partition coefficient (Wildman–Crippen LogP) is 2.85. The van der Waals surface area contributed by atoms with Gasteiger partial charge in [-0.05, 0) is 29.8 Å². The third-order valence-corrected chi connectivity index (χ3v) is 5.71. The molecule has 7 nitrogen and oxygen atoms in total. The molecule has 0 radical (unpaired) electrons. The Bertz CT molecular complexity index is 1200. The highest BCUT2D eigenvalue weighted by Crippen LogP contribution is 2.23. The molecular weight excluding hydrogens is 441 g/mol. The minimum atomic E-state index is -4.04. The van der Waals surface area contributed by atoms with Crippen LogP contribution in [-0.4, -0.2) is 25.9 Å². The van der Waals surface area contributed by atoms with Crippen LogP contribution in [0, 0.1) is 17.5 Å². The summed E-state index contributed by atoms with van der Waals surface area (Å²) in [4.78, 5) is 16.3. The molecule has 3 aromatic rings. The molecule has 0 aliphatic carbocycles. The molecule has 2 aromatic carbocycles. The second-order valence-electron chi connectivity index (χ2n) is 6.13. The van der Waals surface area contributed by atoms with Gasteiger partial charge in [0.15, 0.2) is 5.13 Å². The Labute approximate surface area is 173 Å².